The van der Waals surface area contributed by atoms with Crippen molar-refractivity contribution in [1.82, 2.24) is 0 Å². The third kappa shape index (κ3) is 7.31. The first-order valence-electron chi connectivity index (χ1n) is 12.0. The van der Waals surface area contributed by atoms with Crippen molar-refractivity contribution in [2.45, 2.75) is 43.5 Å². The molecule has 1 unspecified atom stereocenters. The van der Waals surface area contributed by atoms with Gasteiger partial charge in [0.25, 0.3) is 0 Å². The summed E-state index contributed by atoms with van der Waals surface area (Å²) in [4.78, 5) is 11.9. The summed E-state index contributed by atoms with van der Waals surface area (Å²) in [6.45, 7) is 7.91. The van der Waals surface area contributed by atoms with E-state index >= 15 is 0 Å². The fourth-order valence-corrected chi connectivity index (χ4v) is 11.3. The second kappa shape index (κ2) is 13.1. The van der Waals surface area contributed by atoms with Crippen molar-refractivity contribution in [1.29, 1.82) is 0 Å². The topological polar surface area (TPSA) is 44.8 Å². The van der Waals surface area contributed by atoms with Crippen LogP contribution in [0.15, 0.2) is 91.0 Å². The molecule has 0 amide bonds. The van der Waals surface area contributed by atoms with Gasteiger partial charge in [-0.05, 0) is 0 Å². The Morgan fingerprint density at radius 3 is 1.86 bits per heavy atom. The van der Waals surface area contributed by atoms with Gasteiger partial charge >= 0.3 is 218 Å². The molecule has 0 N–H and O–H groups in total. The average molecular weight is 556 g/mol. The molecule has 0 aliphatic carbocycles. The first kappa shape index (κ1) is 27.2. The number of hydrogen-bond donors (Lipinski definition) is 0. The molecule has 0 bridgehead atoms. The van der Waals surface area contributed by atoms with E-state index in [1.807, 2.05) is 6.07 Å². The quantitative estimate of drug-likeness (QED) is 0.191. The Hall–Kier alpha value is -2.37. The molecular formula is C29H36O4SeSi. The van der Waals surface area contributed by atoms with Crippen LogP contribution in [0.3, 0.4) is 0 Å². The maximum atomic E-state index is 11.6. The monoisotopic (exact) mass is 556 g/mol. The molecule has 0 fully saturated rings. The van der Waals surface area contributed by atoms with Crippen molar-refractivity contribution in [3.63, 3.8) is 0 Å². The van der Waals surface area contributed by atoms with Gasteiger partial charge in [-0.15, -0.1) is 0 Å². The third-order valence-corrected chi connectivity index (χ3v) is 13.7. The number of carbonyl (C=O) groups excluding carboxylic acids is 1. The van der Waals surface area contributed by atoms with Gasteiger partial charge in [0, 0.05) is 0 Å². The van der Waals surface area contributed by atoms with Crippen LogP contribution in [-0.2, 0) is 13.9 Å². The van der Waals surface area contributed by atoms with Gasteiger partial charge in [-0.1, -0.05) is 0 Å². The van der Waals surface area contributed by atoms with Crippen molar-refractivity contribution in [2.75, 3.05) is 20.3 Å². The molecular weight excluding hydrogens is 519 g/mol. The molecule has 6 heteroatoms. The van der Waals surface area contributed by atoms with Crippen LogP contribution in [0.5, 0.6) is 0 Å². The molecule has 0 aliphatic heterocycles. The Morgan fingerprint density at radius 2 is 1.37 bits per heavy atom. The van der Waals surface area contributed by atoms with Crippen LogP contribution in [0.2, 0.25) is 9.85 Å². The van der Waals surface area contributed by atoms with E-state index in [2.05, 4.69) is 110 Å². The SMILES string of the molecule is COC(=O)OCC(CCCO[Si](c1ccccc1)(c1ccccc1)C(C)(C)C)[Se]c1ccccc1. The zero-order valence-corrected chi connectivity index (χ0v) is 23.8. The van der Waals surface area contributed by atoms with Gasteiger partial charge in [-0.2, -0.15) is 0 Å². The fourth-order valence-electron chi connectivity index (χ4n) is 4.39. The summed E-state index contributed by atoms with van der Waals surface area (Å²) in [7, 11) is -1.19. The van der Waals surface area contributed by atoms with E-state index in [1.165, 1.54) is 21.9 Å². The summed E-state index contributed by atoms with van der Waals surface area (Å²) >= 11 is 0.187. The molecule has 0 radical (unpaired) electrons. The number of benzene rings is 3. The first-order chi connectivity index (χ1) is 16.9. The van der Waals surface area contributed by atoms with E-state index in [4.69, 9.17) is 9.16 Å². The summed E-state index contributed by atoms with van der Waals surface area (Å²) in [5.41, 5.74) is 0. The van der Waals surface area contributed by atoms with Crippen LogP contribution in [0, 0.1) is 0 Å². The Balaban J connectivity index is 1.76. The summed E-state index contributed by atoms with van der Waals surface area (Å²) in [5.74, 6) is 0. The van der Waals surface area contributed by atoms with Crippen LogP contribution in [0.4, 0.5) is 4.79 Å². The first-order valence-corrected chi connectivity index (χ1v) is 15.8. The van der Waals surface area contributed by atoms with Crippen molar-refractivity contribution in [2.24, 2.45) is 0 Å². The standard InChI is InChI=1S/C29H36O4SeSi/c1-29(2,3)35(26-18-10-6-11-19-26,27-20-12-7-13-21-27)33-22-14-17-25(23-32-28(30)31-4)34-24-15-8-5-9-16-24/h5-13,15-16,18-21,25H,14,17,22-23H2,1-4H3. The second-order valence-electron chi connectivity index (χ2n) is 9.47. The Kier molecular flexibility index (Phi) is 10.2. The third-order valence-electron chi connectivity index (χ3n) is 6.01. The molecule has 0 saturated carbocycles. The van der Waals surface area contributed by atoms with Crippen molar-refractivity contribution in [3.8, 4) is 0 Å². The van der Waals surface area contributed by atoms with E-state index in [0.29, 0.717) is 13.2 Å². The van der Waals surface area contributed by atoms with Gasteiger partial charge in [0.1, 0.15) is 0 Å². The summed E-state index contributed by atoms with van der Waals surface area (Å²) < 4.78 is 18.3. The molecule has 0 aliphatic rings. The predicted octanol–water partition coefficient (Wildman–Crippen LogP) is 4.94. The summed E-state index contributed by atoms with van der Waals surface area (Å²) in [6.07, 6.45) is 1.20. The minimum atomic E-state index is -2.54. The number of ether oxygens (including phenoxy) is 2. The van der Waals surface area contributed by atoms with E-state index in [-0.39, 0.29) is 24.8 Å². The van der Waals surface area contributed by atoms with Gasteiger partial charge in [0.2, 0.25) is 0 Å². The molecule has 35 heavy (non-hydrogen) atoms. The molecule has 3 aromatic carbocycles. The van der Waals surface area contributed by atoms with Crippen LogP contribution in [0.1, 0.15) is 33.6 Å². The Bertz CT molecular complexity index is 983. The van der Waals surface area contributed by atoms with Gasteiger partial charge in [0.05, 0.1) is 0 Å². The van der Waals surface area contributed by atoms with Gasteiger partial charge in [-0.25, -0.2) is 0 Å². The van der Waals surface area contributed by atoms with Crippen LogP contribution < -0.4 is 14.8 Å². The Labute approximate surface area is 217 Å². The van der Waals surface area contributed by atoms with E-state index in [0.717, 1.165) is 12.8 Å². The normalized spacial score (nSPS) is 12.7. The number of rotatable bonds is 11. The zero-order chi connectivity index (χ0) is 25.2. The Morgan fingerprint density at radius 1 is 0.857 bits per heavy atom. The number of methoxy groups -OCH3 is 1. The van der Waals surface area contributed by atoms with E-state index in [9.17, 15) is 4.79 Å². The molecule has 0 spiro atoms. The molecule has 4 nitrogen and oxygen atoms in total. The molecule has 0 aromatic heterocycles. The molecule has 3 aromatic rings. The van der Waals surface area contributed by atoms with Crippen LogP contribution in [-0.4, -0.2) is 49.8 Å². The van der Waals surface area contributed by atoms with E-state index < -0.39 is 14.5 Å². The number of carbonyl (C=O) groups is 1. The van der Waals surface area contributed by atoms with Gasteiger partial charge in [-0.3, -0.25) is 0 Å². The summed E-state index contributed by atoms with van der Waals surface area (Å²) in [5, 5.41) is 2.53. The minimum absolute atomic E-state index is 0.0446. The van der Waals surface area contributed by atoms with Crippen LogP contribution in [0.25, 0.3) is 0 Å². The van der Waals surface area contributed by atoms with Crippen molar-refractivity contribution in [3.05, 3.63) is 91.0 Å². The van der Waals surface area contributed by atoms with E-state index in [1.54, 1.807) is 0 Å². The molecule has 0 heterocycles. The molecule has 1 atom stereocenters. The number of hydrogen-bond acceptors (Lipinski definition) is 4. The fraction of sp³-hybridized carbons (Fsp3) is 0.345. The zero-order valence-electron chi connectivity index (χ0n) is 21.1. The molecule has 0 saturated heterocycles. The second-order valence-corrected chi connectivity index (χ2v) is 16.7. The average Bonchev–Trinajstić information content (AvgIpc) is 2.88. The van der Waals surface area contributed by atoms with Crippen LogP contribution >= 0.6 is 0 Å². The van der Waals surface area contributed by atoms with Gasteiger partial charge in [0.15, 0.2) is 0 Å². The maximum absolute atomic E-state index is 11.6. The predicted molar refractivity (Wildman–Crippen MR) is 147 cm³/mol. The van der Waals surface area contributed by atoms with Crippen molar-refractivity contribution < 1.29 is 18.7 Å². The summed E-state index contributed by atoms with van der Waals surface area (Å²) in [6, 6.07) is 31.9. The molecule has 3 rings (SSSR count). The molecule has 186 valence electrons. The van der Waals surface area contributed by atoms with Crippen molar-refractivity contribution >= 4 is 44.3 Å². The van der Waals surface area contributed by atoms with Gasteiger partial charge < -0.3 is 0 Å².